The third kappa shape index (κ3) is 3.15. The minimum absolute atomic E-state index is 0.0376. The average molecular weight is 374 g/mol. The Kier molecular flexibility index (Phi) is 4.22. The maximum Gasteiger partial charge on any atom is 0.231 e. The molecule has 0 unspecified atom stereocenters. The topological polar surface area (TPSA) is 55.4 Å². The van der Waals surface area contributed by atoms with Gasteiger partial charge in [-0.3, -0.25) is 9.59 Å². The molecule has 1 aliphatic heterocycles. The number of ketones is 1. The van der Waals surface area contributed by atoms with E-state index in [0.717, 1.165) is 21.3 Å². The van der Waals surface area contributed by atoms with E-state index in [1.165, 1.54) is 0 Å². The van der Waals surface area contributed by atoms with E-state index in [1.54, 1.807) is 18.2 Å². The van der Waals surface area contributed by atoms with Gasteiger partial charge in [0.2, 0.25) is 5.91 Å². The Hall–Kier alpha value is -2.14. The normalized spacial score (nSPS) is 16.0. The van der Waals surface area contributed by atoms with E-state index in [0.29, 0.717) is 11.3 Å². The SMILES string of the molecule is Cc1ccc(OCC(=O)c2ccc3c(c2)[C@H](C)C(=O)N3)c(Br)c1. The van der Waals surface area contributed by atoms with Crippen molar-refractivity contribution < 1.29 is 14.3 Å². The predicted molar refractivity (Wildman–Crippen MR) is 92.2 cm³/mol. The number of amides is 1. The summed E-state index contributed by atoms with van der Waals surface area (Å²) in [4.78, 5) is 24.0. The zero-order valence-electron chi connectivity index (χ0n) is 12.9. The fourth-order valence-corrected chi connectivity index (χ4v) is 3.15. The Morgan fingerprint density at radius 2 is 2.04 bits per heavy atom. The van der Waals surface area contributed by atoms with Crippen LogP contribution in [0, 0.1) is 6.92 Å². The number of halogens is 1. The van der Waals surface area contributed by atoms with Crippen LogP contribution in [0.25, 0.3) is 0 Å². The summed E-state index contributed by atoms with van der Waals surface area (Å²) in [5.74, 6) is 0.247. The van der Waals surface area contributed by atoms with Gasteiger partial charge in [-0.2, -0.15) is 0 Å². The number of anilines is 1. The van der Waals surface area contributed by atoms with E-state index in [9.17, 15) is 9.59 Å². The number of nitrogens with one attached hydrogen (secondary N) is 1. The van der Waals surface area contributed by atoms with Gasteiger partial charge in [0.1, 0.15) is 5.75 Å². The monoisotopic (exact) mass is 373 g/mol. The van der Waals surface area contributed by atoms with Crippen molar-refractivity contribution in [3.05, 3.63) is 57.6 Å². The van der Waals surface area contributed by atoms with Crippen LogP contribution >= 0.6 is 15.9 Å². The van der Waals surface area contributed by atoms with Crippen molar-refractivity contribution in [2.45, 2.75) is 19.8 Å². The minimum atomic E-state index is -0.232. The van der Waals surface area contributed by atoms with Gasteiger partial charge >= 0.3 is 0 Å². The van der Waals surface area contributed by atoms with Gasteiger partial charge in [0.05, 0.1) is 10.4 Å². The van der Waals surface area contributed by atoms with E-state index in [1.807, 2.05) is 32.0 Å². The second-order valence-electron chi connectivity index (χ2n) is 5.66. The average Bonchev–Trinajstić information content (AvgIpc) is 2.80. The molecule has 1 amide bonds. The predicted octanol–water partition coefficient (Wildman–Crippen LogP) is 4.07. The van der Waals surface area contributed by atoms with Crippen LogP contribution in [0.2, 0.25) is 0 Å². The van der Waals surface area contributed by atoms with E-state index in [2.05, 4.69) is 21.2 Å². The summed E-state index contributed by atoms with van der Waals surface area (Å²) in [6.07, 6.45) is 0. The highest BCUT2D eigenvalue weighted by atomic mass is 79.9. The molecule has 0 spiro atoms. The molecule has 2 aromatic carbocycles. The summed E-state index contributed by atoms with van der Waals surface area (Å²) in [5.41, 5.74) is 3.30. The second kappa shape index (κ2) is 6.16. The first kappa shape index (κ1) is 15.7. The molecule has 2 aromatic rings. The lowest BCUT2D eigenvalue weighted by Crippen LogP contribution is -2.12. The molecule has 0 aliphatic carbocycles. The number of Topliss-reactive ketones (excluding diaryl/α,β-unsaturated/α-hetero) is 1. The van der Waals surface area contributed by atoms with Crippen LogP contribution in [-0.2, 0) is 4.79 Å². The molecule has 0 saturated carbocycles. The van der Waals surface area contributed by atoms with Crippen molar-refractivity contribution in [2.24, 2.45) is 0 Å². The molecular weight excluding hydrogens is 358 g/mol. The number of hydrogen-bond acceptors (Lipinski definition) is 3. The summed E-state index contributed by atoms with van der Waals surface area (Å²) < 4.78 is 6.42. The van der Waals surface area contributed by atoms with Crippen molar-refractivity contribution in [2.75, 3.05) is 11.9 Å². The molecule has 5 heteroatoms. The second-order valence-corrected chi connectivity index (χ2v) is 6.51. The van der Waals surface area contributed by atoms with Crippen LogP contribution in [0.4, 0.5) is 5.69 Å². The molecule has 1 heterocycles. The van der Waals surface area contributed by atoms with E-state index < -0.39 is 0 Å². The van der Waals surface area contributed by atoms with Crippen LogP contribution in [0.1, 0.15) is 34.3 Å². The standard InChI is InChI=1S/C18H16BrNO3/c1-10-3-6-17(14(19)7-10)23-9-16(21)12-4-5-15-13(8-12)11(2)18(22)20-15/h3-8,11H,9H2,1-2H3,(H,20,22)/t11-/m0/s1. The van der Waals surface area contributed by atoms with Gasteiger partial charge in [-0.25, -0.2) is 0 Å². The molecule has 1 aliphatic rings. The Bertz CT molecular complexity index is 801. The highest BCUT2D eigenvalue weighted by molar-refractivity contribution is 9.10. The molecule has 4 nitrogen and oxygen atoms in total. The molecule has 0 fully saturated rings. The van der Waals surface area contributed by atoms with Gasteiger partial charge in [0.15, 0.2) is 12.4 Å². The van der Waals surface area contributed by atoms with Crippen molar-refractivity contribution >= 4 is 33.3 Å². The number of carbonyl (C=O) groups excluding carboxylic acids is 2. The van der Waals surface area contributed by atoms with E-state index >= 15 is 0 Å². The lowest BCUT2D eigenvalue weighted by molar-refractivity contribution is -0.116. The molecule has 0 aromatic heterocycles. The Morgan fingerprint density at radius 1 is 1.26 bits per heavy atom. The molecule has 23 heavy (non-hydrogen) atoms. The first-order valence-electron chi connectivity index (χ1n) is 7.32. The van der Waals surface area contributed by atoms with E-state index in [-0.39, 0.29) is 24.2 Å². The lowest BCUT2D eigenvalue weighted by Gasteiger charge is -2.09. The summed E-state index contributed by atoms with van der Waals surface area (Å²) in [6.45, 7) is 3.77. The van der Waals surface area contributed by atoms with Gasteiger partial charge < -0.3 is 10.1 Å². The first-order valence-corrected chi connectivity index (χ1v) is 8.12. The smallest absolute Gasteiger partial charge is 0.231 e. The van der Waals surface area contributed by atoms with Crippen LogP contribution in [0.15, 0.2) is 40.9 Å². The third-order valence-electron chi connectivity index (χ3n) is 3.94. The summed E-state index contributed by atoms with van der Waals surface area (Å²) >= 11 is 3.43. The highest BCUT2D eigenvalue weighted by Gasteiger charge is 2.27. The Labute approximate surface area is 143 Å². The van der Waals surface area contributed by atoms with Gasteiger partial charge in [-0.1, -0.05) is 6.07 Å². The number of carbonyl (C=O) groups is 2. The zero-order valence-corrected chi connectivity index (χ0v) is 14.4. The molecule has 3 rings (SSSR count). The molecule has 1 N–H and O–H groups in total. The largest absolute Gasteiger partial charge is 0.484 e. The fraction of sp³-hybridized carbons (Fsp3) is 0.222. The lowest BCUT2D eigenvalue weighted by atomic mass is 9.99. The van der Waals surface area contributed by atoms with Crippen LogP contribution in [0.3, 0.4) is 0 Å². The first-order chi connectivity index (χ1) is 11.0. The molecule has 0 radical (unpaired) electrons. The number of rotatable bonds is 4. The Morgan fingerprint density at radius 3 is 2.78 bits per heavy atom. The number of hydrogen-bond donors (Lipinski definition) is 1. The summed E-state index contributed by atoms with van der Waals surface area (Å²) in [5, 5.41) is 2.80. The van der Waals surface area contributed by atoms with Gasteiger partial charge in [-0.05, 0) is 71.2 Å². The fourth-order valence-electron chi connectivity index (χ4n) is 2.54. The third-order valence-corrected chi connectivity index (χ3v) is 4.56. The molecule has 118 valence electrons. The summed E-state index contributed by atoms with van der Waals surface area (Å²) in [7, 11) is 0. The van der Waals surface area contributed by atoms with Crippen molar-refractivity contribution in [3.63, 3.8) is 0 Å². The number of benzene rings is 2. The van der Waals surface area contributed by atoms with Crippen LogP contribution < -0.4 is 10.1 Å². The van der Waals surface area contributed by atoms with Crippen molar-refractivity contribution in [1.82, 2.24) is 0 Å². The van der Waals surface area contributed by atoms with Gasteiger partial charge in [-0.15, -0.1) is 0 Å². The quantitative estimate of drug-likeness (QED) is 0.821. The highest BCUT2D eigenvalue weighted by Crippen LogP contribution is 2.33. The van der Waals surface area contributed by atoms with E-state index in [4.69, 9.17) is 4.74 Å². The van der Waals surface area contributed by atoms with Gasteiger partial charge in [0, 0.05) is 11.3 Å². The van der Waals surface area contributed by atoms with Crippen molar-refractivity contribution in [1.29, 1.82) is 0 Å². The summed E-state index contributed by atoms with van der Waals surface area (Å²) in [6, 6.07) is 11.0. The maximum absolute atomic E-state index is 12.3. The zero-order chi connectivity index (χ0) is 16.6. The number of aryl methyl sites for hydroxylation is 1. The number of fused-ring (bicyclic) bond motifs is 1. The van der Waals surface area contributed by atoms with Gasteiger partial charge in [0.25, 0.3) is 0 Å². The molecule has 0 bridgehead atoms. The molecule has 1 atom stereocenters. The Balaban J connectivity index is 1.73. The molecular formula is C18H16BrNO3. The number of ether oxygens (including phenoxy) is 1. The van der Waals surface area contributed by atoms with Crippen LogP contribution in [-0.4, -0.2) is 18.3 Å². The van der Waals surface area contributed by atoms with Crippen molar-refractivity contribution in [3.8, 4) is 5.75 Å². The minimum Gasteiger partial charge on any atom is -0.484 e. The molecule has 0 saturated heterocycles. The maximum atomic E-state index is 12.3. The van der Waals surface area contributed by atoms with Crippen LogP contribution in [0.5, 0.6) is 5.75 Å².